The third kappa shape index (κ3) is 4.34. The van der Waals surface area contributed by atoms with Crippen LogP contribution in [0.4, 0.5) is 4.79 Å². The molecule has 1 aliphatic rings. The summed E-state index contributed by atoms with van der Waals surface area (Å²) in [5.74, 6) is 6.03. The summed E-state index contributed by atoms with van der Waals surface area (Å²) in [5.41, 5.74) is 5.32. The Morgan fingerprint density at radius 1 is 1.03 bits per heavy atom. The molecule has 0 atom stereocenters. The predicted octanol–water partition coefficient (Wildman–Crippen LogP) is 5.44. The van der Waals surface area contributed by atoms with Gasteiger partial charge in [0.05, 0.1) is 5.56 Å². The molecule has 3 aromatic carbocycles. The molecule has 0 saturated carbocycles. The minimum Gasteiger partial charge on any atom is -0.507 e. The Balaban J connectivity index is 1.30. The molecule has 30 heavy (non-hydrogen) atoms. The number of hydrogen-bond donors (Lipinski definition) is 2. The van der Waals surface area contributed by atoms with E-state index in [1.165, 1.54) is 22.3 Å². The second-order valence-corrected chi connectivity index (χ2v) is 7.88. The Morgan fingerprint density at radius 2 is 1.70 bits per heavy atom. The molecule has 2 N–H and O–H groups in total. The van der Waals surface area contributed by atoms with Gasteiger partial charge in [-0.3, -0.25) is 0 Å². The summed E-state index contributed by atoms with van der Waals surface area (Å²) >= 11 is 3.35. The standard InChI is InChI=1S/C25H20BrNO3/c26-18-12-13-24(28)17(15-18)7-5-6-14-27-25(29)30-16-23-21-10-3-1-8-19(21)20-9-2-4-11-22(20)23/h1-4,8-13,15,23,28H,6,14,16H2,(H,27,29). The van der Waals surface area contributed by atoms with Crippen LogP contribution < -0.4 is 5.32 Å². The minimum absolute atomic E-state index is 0.0439. The Kier molecular flexibility index (Phi) is 6.06. The Bertz CT molecular complexity index is 1100. The Hall–Kier alpha value is -3.23. The van der Waals surface area contributed by atoms with Crippen LogP contribution in [0.2, 0.25) is 0 Å². The fourth-order valence-electron chi connectivity index (χ4n) is 3.64. The topological polar surface area (TPSA) is 58.6 Å². The van der Waals surface area contributed by atoms with Gasteiger partial charge in [0.25, 0.3) is 0 Å². The molecule has 1 amide bonds. The van der Waals surface area contributed by atoms with Gasteiger partial charge in [-0.05, 0) is 40.5 Å². The van der Waals surface area contributed by atoms with Crippen LogP contribution in [0.15, 0.2) is 71.2 Å². The number of fused-ring (bicyclic) bond motifs is 3. The number of halogens is 1. The van der Waals surface area contributed by atoms with E-state index in [9.17, 15) is 9.90 Å². The number of amides is 1. The van der Waals surface area contributed by atoms with E-state index in [1.54, 1.807) is 18.2 Å². The summed E-state index contributed by atoms with van der Waals surface area (Å²) in [4.78, 5) is 12.1. The first kappa shape index (κ1) is 20.1. The molecule has 0 heterocycles. The number of carbonyl (C=O) groups excluding carboxylic acids is 1. The zero-order chi connectivity index (χ0) is 20.9. The van der Waals surface area contributed by atoms with Gasteiger partial charge < -0.3 is 15.2 Å². The molecule has 0 spiro atoms. The maximum Gasteiger partial charge on any atom is 0.407 e. The average Bonchev–Trinajstić information content (AvgIpc) is 3.08. The normalized spacial score (nSPS) is 11.8. The first-order valence-corrected chi connectivity index (χ1v) is 10.5. The third-order valence-corrected chi connectivity index (χ3v) is 5.54. The van der Waals surface area contributed by atoms with Gasteiger partial charge in [-0.1, -0.05) is 76.3 Å². The molecular formula is C25H20BrNO3. The number of ether oxygens (including phenoxy) is 1. The van der Waals surface area contributed by atoms with E-state index in [-0.39, 0.29) is 18.3 Å². The van der Waals surface area contributed by atoms with Crippen molar-refractivity contribution in [3.05, 3.63) is 87.9 Å². The maximum atomic E-state index is 12.1. The van der Waals surface area contributed by atoms with Gasteiger partial charge in [-0.25, -0.2) is 4.79 Å². The molecular weight excluding hydrogens is 442 g/mol. The van der Waals surface area contributed by atoms with Crippen LogP contribution in [0.3, 0.4) is 0 Å². The number of hydrogen-bond acceptors (Lipinski definition) is 3. The highest BCUT2D eigenvalue weighted by molar-refractivity contribution is 9.10. The van der Waals surface area contributed by atoms with Crippen LogP contribution in [0.5, 0.6) is 5.75 Å². The molecule has 0 bridgehead atoms. The molecule has 5 heteroatoms. The van der Waals surface area contributed by atoms with Gasteiger partial charge in [0.15, 0.2) is 0 Å². The van der Waals surface area contributed by atoms with Crippen molar-refractivity contribution in [1.82, 2.24) is 5.32 Å². The summed E-state index contributed by atoms with van der Waals surface area (Å²) in [6.45, 7) is 0.663. The number of phenols is 1. The van der Waals surface area contributed by atoms with Crippen molar-refractivity contribution >= 4 is 22.0 Å². The van der Waals surface area contributed by atoms with Gasteiger partial charge in [0, 0.05) is 23.4 Å². The molecule has 0 aliphatic heterocycles. The van der Waals surface area contributed by atoms with E-state index in [0.717, 1.165) is 4.47 Å². The number of alkyl carbamates (subject to hydrolysis) is 1. The van der Waals surface area contributed by atoms with Crippen molar-refractivity contribution in [2.24, 2.45) is 0 Å². The fourth-order valence-corrected chi connectivity index (χ4v) is 4.00. The summed E-state index contributed by atoms with van der Waals surface area (Å²) in [7, 11) is 0. The summed E-state index contributed by atoms with van der Waals surface area (Å²) < 4.78 is 6.34. The van der Waals surface area contributed by atoms with E-state index in [1.807, 2.05) is 24.3 Å². The monoisotopic (exact) mass is 461 g/mol. The molecule has 1 aliphatic carbocycles. The molecule has 4 nitrogen and oxygen atoms in total. The quantitative estimate of drug-likeness (QED) is 0.401. The first-order chi connectivity index (χ1) is 14.6. The highest BCUT2D eigenvalue weighted by Crippen LogP contribution is 2.44. The first-order valence-electron chi connectivity index (χ1n) is 9.69. The van der Waals surface area contributed by atoms with Gasteiger partial charge in [-0.2, -0.15) is 0 Å². The van der Waals surface area contributed by atoms with Crippen LogP contribution in [0.1, 0.15) is 29.0 Å². The average molecular weight is 462 g/mol. The van der Waals surface area contributed by atoms with Crippen LogP contribution in [0, 0.1) is 11.8 Å². The molecule has 0 fully saturated rings. The number of nitrogens with one attached hydrogen (secondary N) is 1. The molecule has 0 saturated heterocycles. The highest BCUT2D eigenvalue weighted by Gasteiger charge is 2.28. The largest absolute Gasteiger partial charge is 0.507 e. The van der Waals surface area contributed by atoms with Crippen molar-refractivity contribution in [3.8, 4) is 28.7 Å². The molecule has 3 aromatic rings. The molecule has 0 radical (unpaired) electrons. The van der Waals surface area contributed by atoms with Crippen LogP contribution in [-0.4, -0.2) is 24.4 Å². The SMILES string of the molecule is O=C(NCCC#Cc1cc(Br)ccc1O)OCC1c2ccccc2-c2ccccc21. The van der Waals surface area contributed by atoms with Crippen LogP contribution >= 0.6 is 15.9 Å². The summed E-state index contributed by atoms with van der Waals surface area (Å²) in [5, 5.41) is 12.5. The van der Waals surface area contributed by atoms with E-state index in [0.29, 0.717) is 18.5 Å². The van der Waals surface area contributed by atoms with Crippen LogP contribution in [-0.2, 0) is 4.74 Å². The Labute approximate surface area is 184 Å². The minimum atomic E-state index is -0.455. The van der Waals surface area contributed by atoms with Crippen molar-refractivity contribution < 1.29 is 14.6 Å². The Morgan fingerprint density at radius 3 is 2.40 bits per heavy atom. The lowest BCUT2D eigenvalue weighted by molar-refractivity contribution is 0.143. The molecule has 0 unspecified atom stereocenters. The van der Waals surface area contributed by atoms with Crippen molar-refractivity contribution in [2.45, 2.75) is 12.3 Å². The second kappa shape index (κ2) is 9.06. The van der Waals surface area contributed by atoms with E-state index < -0.39 is 6.09 Å². The molecule has 0 aromatic heterocycles. The lowest BCUT2D eigenvalue weighted by Gasteiger charge is -2.14. The van der Waals surface area contributed by atoms with Gasteiger partial charge >= 0.3 is 6.09 Å². The highest BCUT2D eigenvalue weighted by atomic mass is 79.9. The van der Waals surface area contributed by atoms with Crippen molar-refractivity contribution in [1.29, 1.82) is 0 Å². The smallest absolute Gasteiger partial charge is 0.407 e. The van der Waals surface area contributed by atoms with E-state index in [2.05, 4.69) is 57.4 Å². The summed E-state index contributed by atoms with van der Waals surface area (Å²) in [6.07, 6.45) is -0.000149. The number of phenolic OH excluding ortho intramolecular Hbond substituents is 1. The summed E-state index contributed by atoms with van der Waals surface area (Å²) in [6, 6.07) is 21.6. The predicted molar refractivity (Wildman–Crippen MR) is 120 cm³/mol. The van der Waals surface area contributed by atoms with Gasteiger partial charge in [0.1, 0.15) is 12.4 Å². The maximum absolute atomic E-state index is 12.1. The number of benzene rings is 3. The third-order valence-electron chi connectivity index (χ3n) is 5.04. The fraction of sp³-hybridized carbons (Fsp3) is 0.160. The lowest BCUT2D eigenvalue weighted by Crippen LogP contribution is -2.26. The second-order valence-electron chi connectivity index (χ2n) is 6.97. The zero-order valence-corrected chi connectivity index (χ0v) is 17.8. The number of aromatic hydroxyl groups is 1. The van der Waals surface area contributed by atoms with Crippen molar-refractivity contribution in [2.75, 3.05) is 13.2 Å². The number of carbonyl (C=O) groups is 1. The lowest BCUT2D eigenvalue weighted by atomic mass is 9.98. The number of rotatable bonds is 4. The van der Waals surface area contributed by atoms with Gasteiger partial charge in [0.2, 0.25) is 0 Å². The van der Waals surface area contributed by atoms with E-state index in [4.69, 9.17) is 4.74 Å². The molecule has 150 valence electrons. The van der Waals surface area contributed by atoms with E-state index >= 15 is 0 Å². The molecule has 4 rings (SSSR count). The van der Waals surface area contributed by atoms with Gasteiger partial charge in [-0.15, -0.1) is 0 Å². The van der Waals surface area contributed by atoms with Crippen molar-refractivity contribution in [3.63, 3.8) is 0 Å². The zero-order valence-electron chi connectivity index (χ0n) is 16.2. The van der Waals surface area contributed by atoms with Crippen LogP contribution in [0.25, 0.3) is 11.1 Å².